The number of amides is 4. The fourth-order valence-corrected chi connectivity index (χ4v) is 4.90. The van der Waals surface area contributed by atoms with E-state index in [4.69, 9.17) is 4.52 Å². The Balaban J connectivity index is 1.41. The van der Waals surface area contributed by atoms with Gasteiger partial charge in [0.15, 0.2) is 5.69 Å². The summed E-state index contributed by atoms with van der Waals surface area (Å²) in [4.78, 5) is 46.3. The molecule has 0 radical (unpaired) electrons. The van der Waals surface area contributed by atoms with Crippen LogP contribution in [-0.4, -0.2) is 56.4 Å². The quantitative estimate of drug-likeness (QED) is 0.646. The summed E-state index contributed by atoms with van der Waals surface area (Å²) in [6, 6.07) is 6.77. The molecule has 1 atom stereocenters. The van der Waals surface area contributed by atoms with E-state index in [1.165, 1.54) is 4.90 Å². The van der Waals surface area contributed by atoms with Crippen LogP contribution in [0.15, 0.2) is 35.0 Å². The maximum atomic E-state index is 13.4. The molecular formula is C24H31N5O4. The predicted octanol–water partition coefficient (Wildman–Crippen LogP) is 3.02. The number of piperidine rings is 1. The number of urea groups is 1. The van der Waals surface area contributed by atoms with Crippen LogP contribution in [-0.2, 0) is 17.8 Å². The van der Waals surface area contributed by atoms with Crippen molar-refractivity contribution in [1.29, 1.82) is 0 Å². The van der Waals surface area contributed by atoms with Gasteiger partial charge in [0, 0.05) is 31.8 Å². The summed E-state index contributed by atoms with van der Waals surface area (Å²) in [7, 11) is 0. The van der Waals surface area contributed by atoms with Crippen LogP contribution in [0.25, 0.3) is 0 Å². The van der Waals surface area contributed by atoms with Crippen LogP contribution in [0.1, 0.15) is 62.0 Å². The summed E-state index contributed by atoms with van der Waals surface area (Å²) < 4.78 is 5.31. The van der Waals surface area contributed by atoms with E-state index in [1.807, 2.05) is 13.0 Å². The van der Waals surface area contributed by atoms with Crippen LogP contribution >= 0.6 is 0 Å². The topological polar surface area (TPSA) is 109 Å². The minimum Gasteiger partial charge on any atom is -0.361 e. The summed E-state index contributed by atoms with van der Waals surface area (Å²) >= 11 is 0. The van der Waals surface area contributed by atoms with E-state index in [-0.39, 0.29) is 30.3 Å². The summed E-state index contributed by atoms with van der Waals surface area (Å²) in [6.07, 6.45) is 4.13. The highest BCUT2D eigenvalue weighted by atomic mass is 16.5. The van der Waals surface area contributed by atoms with Gasteiger partial charge in [0.2, 0.25) is 0 Å². The molecule has 0 aromatic carbocycles. The zero-order chi connectivity index (χ0) is 23.6. The zero-order valence-corrected chi connectivity index (χ0v) is 19.4. The van der Waals surface area contributed by atoms with Gasteiger partial charge in [-0.2, -0.15) is 0 Å². The lowest BCUT2D eigenvalue weighted by Crippen LogP contribution is -2.56. The van der Waals surface area contributed by atoms with Gasteiger partial charge in [-0.3, -0.25) is 19.5 Å². The molecule has 2 aliphatic heterocycles. The first-order valence-corrected chi connectivity index (χ1v) is 11.6. The van der Waals surface area contributed by atoms with Gasteiger partial charge in [-0.05, 0) is 43.2 Å². The molecule has 0 bridgehead atoms. The van der Waals surface area contributed by atoms with Gasteiger partial charge >= 0.3 is 6.03 Å². The number of pyridine rings is 1. The third kappa shape index (κ3) is 4.49. The average molecular weight is 454 g/mol. The number of rotatable bonds is 7. The van der Waals surface area contributed by atoms with Gasteiger partial charge in [0.1, 0.15) is 11.3 Å². The molecule has 0 unspecified atom stereocenters. The SMILES string of the molecule is CC[C@@]1(C2CCN(C(=O)c3cc(CC(C)C)on3)CC2)NC(=O)N(Cc2ccccn2)C1=O. The van der Waals surface area contributed by atoms with Crippen molar-refractivity contribution >= 4 is 17.8 Å². The van der Waals surface area contributed by atoms with Crippen molar-refractivity contribution in [2.75, 3.05) is 13.1 Å². The first-order chi connectivity index (χ1) is 15.8. The van der Waals surface area contributed by atoms with E-state index in [1.54, 1.807) is 29.3 Å². The summed E-state index contributed by atoms with van der Waals surface area (Å²) in [5.41, 5.74) is 0.0399. The van der Waals surface area contributed by atoms with E-state index in [9.17, 15) is 14.4 Å². The summed E-state index contributed by atoms with van der Waals surface area (Å²) in [5, 5.41) is 6.94. The summed E-state index contributed by atoms with van der Waals surface area (Å²) in [5.74, 6) is 0.709. The molecule has 2 saturated heterocycles. The Hall–Kier alpha value is -3.23. The minimum atomic E-state index is -0.945. The standard InChI is InChI=1S/C24H31N5O4/c1-4-24(22(31)29(23(32)26-24)15-18-7-5-6-10-25-18)17-8-11-28(12-9-17)21(30)20-14-19(33-27-20)13-16(2)3/h5-7,10,14,16-17H,4,8-9,11-13,15H2,1-3H3,(H,26,32)/t24-/m0/s1. The van der Waals surface area contributed by atoms with E-state index in [0.29, 0.717) is 55.4 Å². The van der Waals surface area contributed by atoms with Crippen LogP contribution in [0, 0.1) is 11.8 Å². The fraction of sp³-hybridized carbons (Fsp3) is 0.542. The van der Waals surface area contributed by atoms with Crippen molar-refractivity contribution in [2.45, 2.75) is 58.5 Å². The first-order valence-electron chi connectivity index (χ1n) is 11.6. The Morgan fingerprint density at radius 2 is 2.03 bits per heavy atom. The van der Waals surface area contributed by atoms with Gasteiger partial charge < -0.3 is 14.7 Å². The summed E-state index contributed by atoms with van der Waals surface area (Å²) in [6.45, 7) is 7.24. The van der Waals surface area contributed by atoms with E-state index >= 15 is 0 Å². The van der Waals surface area contributed by atoms with Crippen LogP contribution in [0.5, 0.6) is 0 Å². The number of hydrogen-bond donors (Lipinski definition) is 1. The molecule has 9 heteroatoms. The Labute approximate surface area is 193 Å². The zero-order valence-electron chi connectivity index (χ0n) is 19.4. The molecule has 0 saturated carbocycles. The number of imide groups is 1. The van der Waals surface area contributed by atoms with Crippen LogP contribution in [0.2, 0.25) is 0 Å². The van der Waals surface area contributed by atoms with Crippen molar-refractivity contribution in [3.05, 3.63) is 47.6 Å². The smallest absolute Gasteiger partial charge is 0.325 e. The van der Waals surface area contributed by atoms with E-state index in [2.05, 4.69) is 29.3 Å². The van der Waals surface area contributed by atoms with Crippen molar-refractivity contribution in [3.63, 3.8) is 0 Å². The van der Waals surface area contributed by atoms with Crippen molar-refractivity contribution in [2.24, 2.45) is 11.8 Å². The molecule has 2 aromatic heterocycles. The third-order valence-electron chi connectivity index (χ3n) is 6.67. The van der Waals surface area contributed by atoms with E-state index < -0.39 is 5.54 Å². The molecule has 0 spiro atoms. The van der Waals surface area contributed by atoms with Crippen molar-refractivity contribution in [1.82, 2.24) is 25.3 Å². The maximum Gasteiger partial charge on any atom is 0.325 e. The highest BCUT2D eigenvalue weighted by molar-refractivity contribution is 6.07. The average Bonchev–Trinajstić information content (AvgIpc) is 3.37. The largest absolute Gasteiger partial charge is 0.361 e. The van der Waals surface area contributed by atoms with E-state index in [0.717, 1.165) is 6.42 Å². The molecule has 4 rings (SSSR count). The van der Waals surface area contributed by atoms with Gasteiger partial charge in [0.25, 0.3) is 11.8 Å². The normalized spacial score (nSPS) is 21.7. The number of nitrogens with zero attached hydrogens (tertiary/aromatic N) is 4. The molecule has 9 nitrogen and oxygen atoms in total. The molecule has 2 fully saturated rings. The van der Waals surface area contributed by atoms with Crippen molar-refractivity contribution < 1.29 is 18.9 Å². The number of carbonyl (C=O) groups excluding carboxylic acids is 3. The molecule has 0 aliphatic carbocycles. The first kappa shape index (κ1) is 22.9. The lowest BCUT2D eigenvalue weighted by molar-refractivity contribution is -0.134. The number of carbonyl (C=O) groups is 3. The molecule has 4 amide bonds. The molecule has 2 aliphatic rings. The number of likely N-dealkylation sites (tertiary alicyclic amines) is 1. The molecule has 4 heterocycles. The lowest BCUT2D eigenvalue weighted by Gasteiger charge is -2.40. The Bertz CT molecular complexity index is 1010. The Kier molecular flexibility index (Phi) is 6.49. The third-order valence-corrected chi connectivity index (χ3v) is 6.67. The van der Waals surface area contributed by atoms with Crippen molar-refractivity contribution in [3.8, 4) is 0 Å². The maximum absolute atomic E-state index is 13.4. The minimum absolute atomic E-state index is 0.0504. The monoisotopic (exact) mass is 453 g/mol. The Morgan fingerprint density at radius 1 is 1.27 bits per heavy atom. The molecule has 2 aromatic rings. The second-order valence-corrected chi connectivity index (χ2v) is 9.31. The molecule has 176 valence electrons. The molecule has 1 N–H and O–H groups in total. The number of hydrogen-bond acceptors (Lipinski definition) is 6. The van der Waals surface area contributed by atoms with Gasteiger partial charge in [-0.15, -0.1) is 0 Å². The Morgan fingerprint density at radius 3 is 2.67 bits per heavy atom. The van der Waals surface area contributed by atoms with Gasteiger partial charge in [-0.25, -0.2) is 4.79 Å². The highest BCUT2D eigenvalue weighted by Crippen LogP contribution is 2.36. The fourth-order valence-electron chi connectivity index (χ4n) is 4.90. The number of aromatic nitrogens is 2. The van der Waals surface area contributed by atoms with Crippen LogP contribution in [0.3, 0.4) is 0 Å². The van der Waals surface area contributed by atoms with Gasteiger partial charge in [0.05, 0.1) is 12.2 Å². The second-order valence-electron chi connectivity index (χ2n) is 9.31. The predicted molar refractivity (Wildman–Crippen MR) is 120 cm³/mol. The molecule has 33 heavy (non-hydrogen) atoms. The molecular weight excluding hydrogens is 422 g/mol. The second kappa shape index (κ2) is 9.33. The van der Waals surface area contributed by atoms with Crippen LogP contribution < -0.4 is 5.32 Å². The lowest BCUT2D eigenvalue weighted by atomic mass is 9.75. The van der Waals surface area contributed by atoms with Crippen LogP contribution in [0.4, 0.5) is 4.79 Å². The highest BCUT2D eigenvalue weighted by Gasteiger charge is 2.55. The van der Waals surface area contributed by atoms with Gasteiger partial charge in [-0.1, -0.05) is 32.0 Å². The number of nitrogens with one attached hydrogen (secondary N) is 1.